The number of carbonyl (C=O) groups excluding carboxylic acids is 1. The first-order valence-electron chi connectivity index (χ1n) is 6.26. The van der Waals surface area contributed by atoms with E-state index < -0.39 is 0 Å². The molecule has 1 aromatic carbocycles. The van der Waals surface area contributed by atoms with Crippen molar-refractivity contribution >= 4 is 17.7 Å². The lowest BCUT2D eigenvalue weighted by Gasteiger charge is -2.04. The molecule has 19 heavy (non-hydrogen) atoms. The van der Waals surface area contributed by atoms with E-state index in [1.807, 2.05) is 18.2 Å². The second-order valence-corrected chi connectivity index (χ2v) is 5.29. The minimum Gasteiger partial charge on any atom is -0.350 e. The number of amides is 1. The molecule has 0 saturated carbocycles. The highest BCUT2D eigenvalue weighted by Crippen LogP contribution is 2.18. The summed E-state index contributed by atoms with van der Waals surface area (Å²) in [5, 5.41) is 2.86. The number of hydrogen-bond acceptors (Lipinski definition) is 3. The van der Waals surface area contributed by atoms with E-state index in [4.69, 9.17) is 0 Å². The van der Waals surface area contributed by atoms with E-state index >= 15 is 0 Å². The lowest BCUT2D eigenvalue weighted by molar-refractivity contribution is -0.121. The molecule has 0 aliphatic carbocycles. The fourth-order valence-electron chi connectivity index (χ4n) is 1.60. The number of aromatic nitrogens is 2. The van der Waals surface area contributed by atoms with E-state index in [0.29, 0.717) is 13.0 Å². The normalized spacial score (nSPS) is 10.3. The van der Waals surface area contributed by atoms with Crippen LogP contribution in [0.1, 0.15) is 18.5 Å². The number of aromatic amines is 1. The van der Waals surface area contributed by atoms with Gasteiger partial charge in [0.15, 0.2) is 0 Å². The van der Waals surface area contributed by atoms with Crippen molar-refractivity contribution in [3.05, 3.63) is 48.5 Å². The second-order valence-electron chi connectivity index (χ2n) is 4.12. The zero-order chi connectivity index (χ0) is 13.3. The number of benzene rings is 1. The average molecular weight is 275 g/mol. The van der Waals surface area contributed by atoms with Crippen molar-refractivity contribution in [3.63, 3.8) is 0 Å². The van der Waals surface area contributed by atoms with Crippen LogP contribution in [-0.4, -0.2) is 21.6 Å². The average Bonchev–Trinajstić information content (AvgIpc) is 2.96. The van der Waals surface area contributed by atoms with Gasteiger partial charge in [-0.05, 0) is 24.3 Å². The maximum absolute atomic E-state index is 11.6. The molecule has 0 spiro atoms. The minimum atomic E-state index is 0.0864. The Morgan fingerprint density at radius 3 is 2.89 bits per heavy atom. The molecule has 1 aromatic heterocycles. The first-order chi connectivity index (χ1) is 9.34. The lowest BCUT2D eigenvalue weighted by Crippen LogP contribution is -2.22. The van der Waals surface area contributed by atoms with Gasteiger partial charge in [-0.25, -0.2) is 4.98 Å². The Labute approximate surface area is 117 Å². The molecule has 4 nitrogen and oxygen atoms in total. The predicted molar refractivity (Wildman–Crippen MR) is 76.8 cm³/mol. The van der Waals surface area contributed by atoms with E-state index in [-0.39, 0.29) is 5.91 Å². The quantitative estimate of drug-likeness (QED) is 0.603. The third-order valence-corrected chi connectivity index (χ3v) is 3.69. The highest BCUT2D eigenvalue weighted by atomic mass is 32.2. The molecule has 0 radical (unpaired) electrons. The summed E-state index contributed by atoms with van der Waals surface area (Å²) in [6, 6.07) is 10.2. The Morgan fingerprint density at radius 1 is 1.32 bits per heavy atom. The van der Waals surface area contributed by atoms with Gasteiger partial charge in [-0.2, -0.15) is 0 Å². The molecule has 2 rings (SSSR count). The van der Waals surface area contributed by atoms with Crippen molar-refractivity contribution in [2.75, 3.05) is 5.75 Å². The van der Waals surface area contributed by atoms with E-state index in [2.05, 4.69) is 27.4 Å². The maximum atomic E-state index is 11.6. The topological polar surface area (TPSA) is 57.8 Å². The van der Waals surface area contributed by atoms with Crippen molar-refractivity contribution in [1.82, 2.24) is 15.3 Å². The molecule has 100 valence electrons. The number of hydrogen-bond donors (Lipinski definition) is 2. The number of imidazole rings is 1. The Hall–Kier alpha value is -1.75. The molecule has 0 atom stereocenters. The van der Waals surface area contributed by atoms with Gasteiger partial charge in [0.2, 0.25) is 5.91 Å². The van der Waals surface area contributed by atoms with Crippen LogP contribution in [0, 0.1) is 0 Å². The zero-order valence-corrected chi connectivity index (χ0v) is 11.5. The Bertz CT molecular complexity index is 485. The molecule has 0 aliphatic heterocycles. The van der Waals surface area contributed by atoms with Gasteiger partial charge in [-0.15, -0.1) is 11.8 Å². The van der Waals surface area contributed by atoms with Crippen molar-refractivity contribution in [2.45, 2.75) is 24.3 Å². The van der Waals surface area contributed by atoms with Gasteiger partial charge in [0.25, 0.3) is 0 Å². The van der Waals surface area contributed by atoms with Crippen LogP contribution in [0.4, 0.5) is 0 Å². The van der Waals surface area contributed by atoms with Crippen LogP contribution in [-0.2, 0) is 11.3 Å². The Balaban J connectivity index is 1.57. The number of H-pyrrole nitrogens is 1. The van der Waals surface area contributed by atoms with Crippen molar-refractivity contribution in [3.8, 4) is 0 Å². The van der Waals surface area contributed by atoms with Gasteiger partial charge in [0.1, 0.15) is 0 Å². The summed E-state index contributed by atoms with van der Waals surface area (Å²) < 4.78 is 0. The minimum absolute atomic E-state index is 0.0864. The summed E-state index contributed by atoms with van der Waals surface area (Å²) in [7, 11) is 0. The second kappa shape index (κ2) is 7.63. The van der Waals surface area contributed by atoms with Crippen LogP contribution in [0.5, 0.6) is 0 Å². The summed E-state index contributed by atoms with van der Waals surface area (Å²) >= 11 is 1.78. The number of nitrogens with one attached hydrogen (secondary N) is 2. The Kier molecular flexibility index (Phi) is 5.49. The van der Waals surface area contributed by atoms with E-state index in [9.17, 15) is 4.79 Å². The van der Waals surface area contributed by atoms with Gasteiger partial charge in [-0.3, -0.25) is 4.79 Å². The first kappa shape index (κ1) is 13.7. The lowest BCUT2D eigenvalue weighted by atomic mass is 10.3. The molecule has 0 saturated heterocycles. The fourth-order valence-corrected chi connectivity index (χ4v) is 2.48. The number of rotatable bonds is 7. The fraction of sp³-hybridized carbons (Fsp3) is 0.286. The van der Waals surface area contributed by atoms with Crippen LogP contribution >= 0.6 is 11.8 Å². The molecular formula is C14H17N3OS. The smallest absolute Gasteiger partial charge is 0.220 e. The van der Waals surface area contributed by atoms with Crippen molar-refractivity contribution in [2.24, 2.45) is 0 Å². The van der Waals surface area contributed by atoms with Gasteiger partial charge in [0.05, 0.1) is 18.6 Å². The molecule has 1 amide bonds. The summed E-state index contributed by atoms with van der Waals surface area (Å²) in [5.74, 6) is 1.05. The van der Waals surface area contributed by atoms with Crippen molar-refractivity contribution < 1.29 is 4.79 Å². The first-order valence-corrected chi connectivity index (χ1v) is 7.25. The van der Waals surface area contributed by atoms with Gasteiger partial charge < -0.3 is 10.3 Å². The number of nitrogens with zero attached hydrogens (tertiary/aromatic N) is 1. The molecule has 0 bridgehead atoms. The summed E-state index contributed by atoms with van der Waals surface area (Å²) in [6.45, 7) is 0.519. The molecular weight excluding hydrogens is 258 g/mol. The predicted octanol–water partition coefficient (Wildman–Crippen LogP) is 2.60. The monoisotopic (exact) mass is 275 g/mol. The third kappa shape index (κ3) is 5.18. The highest BCUT2D eigenvalue weighted by Gasteiger charge is 2.02. The molecule has 5 heteroatoms. The van der Waals surface area contributed by atoms with Crippen LogP contribution in [0.2, 0.25) is 0 Å². The molecule has 2 N–H and O–H groups in total. The summed E-state index contributed by atoms with van der Waals surface area (Å²) in [6.07, 6.45) is 4.77. The largest absolute Gasteiger partial charge is 0.350 e. The van der Waals surface area contributed by atoms with E-state index in [1.54, 1.807) is 24.3 Å². The van der Waals surface area contributed by atoms with Gasteiger partial charge >= 0.3 is 0 Å². The van der Waals surface area contributed by atoms with Crippen LogP contribution in [0.15, 0.2) is 47.8 Å². The number of thioether (sulfide) groups is 1. The molecule has 1 heterocycles. The molecule has 0 unspecified atom stereocenters. The summed E-state index contributed by atoms with van der Waals surface area (Å²) in [5.41, 5.74) is 0.923. The highest BCUT2D eigenvalue weighted by molar-refractivity contribution is 7.99. The zero-order valence-electron chi connectivity index (χ0n) is 10.6. The van der Waals surface area contributed by atoms with Crippen LogP contribution in [0.3, 0.4) is 0 Å². The van der Waals surface area contributed by atoms with Gasteiger partial charge in [-0.1, -0.05) is 18.2 Å². The molecule has 2 aromatic rings. The SMILES string of the molecule is O=C(CCCSc1ccccc1)NCc1cnc[nH]1. The van der Waals surface area contributed by atoms with Gasteiger partial charge in [0, 0.05) is 17.5 Å². The van der Waals surface area contributed by atoms with E-state index in [1.165, 1.54) is 4.90 Å². The molecule has 0 aliphatic rings. The maximum Gasteiger partial charge on any atom is 0.220 e. The third-order valence-electron chi connectivity index (χ3n) is 2.59. The Morgan fingerprint density at radius 2 is 2.16 bits per heavy atom. The van der Waals surface area contributed by atoms with Crippen molar-refractivity contribution in [1.29, 1.82) is 0 Å². The summed E-state index contributed by atoms with van der Waals surface area (Å²) in [4.78, 5) is 19.7. The van der Waals surface area contributed by atoms with Crippen LogP contribution < -0.4 is 5.32 Å². The van der Waals surface area contributed by atoms with E-state index in [0.717, 1.165) is 17.9 Å². The van der Waals surface area contributed by atoms with Crippen LogP contribution in [0.25, 0.3) is 0 Å². The standard InChI is InChI=1S/C14H17N3OS/c18-14(16-10-12-9-15-11-17-12)7-4-8-19-13-5-2-1-3-6-13/h1-3,5-6,9,11H,4,7-8,10H2,(H,15,17)(H,16,18). The molecule has 0 fully saturated rings. The number of carbonyl (C=O) groups is 1.